The van der Waals surface area contributed by atoms with Gasteiger partial charge in [0.05, 0.1) is 24.1 Å². The zero-order chi connectivity index (χ0) is 22.4. The quantitative estimate of drug-likeness (QED) is 0.700. The summed E-state index contributed by atoms with van der Waals surface area (Å²) in [4.78, 5) is 22.7. The van der Waals surface area contributed by atoms with Gasteiger partial charge in [-0.1, -0.05) is 18.2 Å². The van der Waals surface area contributed by atoms with Gasteiger partial charge in [-0.2, -0.15) is 18.4 Å². The molecule has 0 N–H and O–H groups in total. The van der Waals surface area contributed by atoms with Gasteiger partial charge < -0.3 is 9.80 Å². The molecule has 1 saturated heterocycles. The molecule has 0 bridgehead atoms. The van der Waals surface area contributed by atoms with Crippen LogP contribution in [0.2, 0.25) is 0 Å². The summed E-state index contributed by atoms with van der Waals surface area (Å²) in [5.74, 6) is 0.411. The van der Waals surface area contributed by atoms with Crippen LogP contribution in [0.4, 0.5) is 24.7 Å². The molecule has 0 saturated carbocycles. The molecule has 9 heteroatoms. The Balaban J connectivity index is 1.62. The predicted molar refractivity (Wildman–Crippen MR) is 112 cm³/mol. The first-order valence-electron chi connectivity index (χ1n) is 10.1. The Labute approximate surface area is 179 Å². The summed E-state index contributed by atoms with van der Waals surface area (Å²) in [7, 11) is 0. The molecular weight excluding hydrogens is 407 g/mol. The number of piperazine rings is 1. The zero-order valence-electron chi connectivity index (χ0n) is 17.2. The first-order valence-corrected chi connectivity index (χ1v) is 10.1. The van der Waals surface area contributed by atoms with Crippen LogP contribution in [0.1, 0.15) is 18.9 Å². The molecule has 1 atom stereocenters. The van der Waals surface area contributed by atoms with Crippen molar-refractivity contribution in [2.24, 2.45) is 0 Å². The number of hydrogen-bond donors (Lipinski definition) is 0. The number of anilines is 2. The molecule has 2 aromatic rings. The van der Waals surface area contributed by atoms with E-state index in [4.69, 9.17) is 5.26 Å². The summed E-state index contributed by atoms with van der Waals surface area (Å²) in [5.41, 5.74) is -0.0188. The van der Waals surface area contributed by atoms with E-state index in [1.165, 1.54) is 6.07 Å². The maximum atomic E-state index is 13.2. The van der Waals surface area contributed by atoms with E-state index in [9.17, 15) is 18.0 Å². The third kappa shape index (κ3) is 5.52. The van der Waals surface area contributed by atoms with Crippen molar-refractivity contribution < 1.29 is 18.0 Å². The Morgan fingerprint density at radius 1 is 1.16 bits per heavy atom. The number of hydrogen-bond acceptors (Lipinski definition) is 5. The molecule has 3 rings (SSSR count). The molecule has 1 aromatic carbocycles. The highest BCUT2D eigenvalue weighted by atomic mass is 19.4. The number of pyridine rings is 1. The Hall–Kier alpha value is -3.12. The van der Waals surface area contributed by atoms with Gasteiger partial charge in [-0.25, -0.2) is 4.98 Å². The molecule has 0 aliphatic carbocycles. The molecule has 6 nitrogen and oxygen atoms in total. The number of amides is 1. The second-order valence-corrected chi connectivity index (χ2v) is 7.34. The molecule has 1 fully saturated rings. The van der Waals surface area contributed by atoms with Crippen LogP contribution in [-0.4, -0.2) is 54.6 Å². The van der Waals surface area contributed by atoms with Crippen LogP contribution in [-0.2, 0) is 11.0 Å². The topological polar surface area (TPSA) is 63.5 Å². The van der Waals surface area contributed by atoms with Crippen molar-refractivity contribution >= 4 is 17.4 Å². The van der Waals surface area contributed by atoms with Crippen molar-refractivity contribution in [3.05, 3.63) is 54.2 Å². The monoisotopic (exact) mass is 431 g/mol. The summed E-state index contributed by atoms with van der Waals surface area (Å²) < 4.78 is 38.2. The van der Waals surface area contributed by atoms with Gasteiger partial charge in [-0.3, -0.25) is 9.69 Å². The van der Waals surface area contributed by atoms with E-state index in [0.29, 0.717) is 38.5 Å². The van der Waals surface area contributed by atoms with Crippen LogP contribution >= 0.6 is 0 Å². The highest BCUT2D eigenvalue weighted by Gasteiger charge is 2.32. The van der Waals surface area contributed by atoms with Gasteiger partial charge >= 0.3 is 6.18 Å². The molecule has 0 spiro atoms. The molecule has 1 aliphatic heterocycles. The Bertz CT molecular complexity index is 903. The van der Waals surface area contributed by atoms with E-state index in [0.717, 1.165) is 18.0 Å². The fourth-order valence-corrected chi connectivity index (χ4v) is 3.60. The lowest BCUT2D eigenvalue weighted by molar-refractivity contribution is -0.137. The number of aromatic nitrogens is 1. The molecule has 164 valence electrons. The minimum Gasteiger partial charge on any atom is -0.354 e. The predicted octanol–water partition coefficient (Wildman–Crippen LogP) is 3.56. The minimum atomic E-state index is -4.41. The Morgan fingerprint density at radius 3 is 2.39 bits per heavy atom. The summed E-state index contributed by atoms with van der Waals surface area (Å²) in [6, 6.07) is 13.4. The number of halogens is 3. The maximum Gasteiger partial charge on any atom is 0.417 e. The smallest absolute Gasteiger partial charge is 0.354 e. The fourth-order valence-electron chi connectivity index (χ4n) is 3.60. The van der Waals surface area contributed by atoms with Gasteiger partial charge in [0, 0.05) is 44.6 Å². The fraction of sp³-hybridized carbons (Fsp3) is 0.409. The van der Waals surface area contributed by atoms with Gasteiger partial charge in [0.25, 0.3) is 0 Å². The third-order valence-electron chi connectivity index (χ3n) is 5.40. The molecule has 0 radical (unpaired) electrons. The molecule has 1 unspecified atom stereocenters. The zero-order valence-corrected chi connectivity index (χ0v) is 17.2. The Kier molecular flexibility index (Phi) is 7.13. The normalized spacial score (nSPS) is 15.9. The average molecular weight is 431 g/mol. The van der Waals surface area contributed by atoms with Crippen LogP contribution in [0, 0.1) is 11.3 Å². The number of nitriles is 1. The van der Waals surface area contributed by atoms with Gasteiger partial charge in [-0.15, -0.1) is 0 Å². The van der Waals surface area contributed by atoms with Gasteiger partial charge in [0.2, 0.25) is 5.91 Å². The van der Waals surface area contributed by atoms with Crippen molar-refractivity contribution in [3.63, 3.8) is 0 Å². The maximum absolute atomic E-state index is 13.2. The highest BCUT2D eigenvalue weighted by molar-refractivity contribution is 5.97. The van der Waals surface area contributed by atoms with E-state index < -0.39 is 11.7 Å². The number of para-hydroxylation sites is 1. The molecule has 31 heavy (non-hydrogen) atoms. The van der Waals surface area contributed by atoms with E-state index in [-0.39, 0.29) is 18.4 Å². The molecule has 1 aromatic heterocycles. The van der Waals surface area contributed by atoms with E-state index in [2.05, 4.69) is 11.1 Å². The second-order valence-electron chi connectivity index (χ2n) is 7.34. The average Bonchev–Trinajstić information content (AvgIpc) is 2.79. The number of benzene rings is 1. The molecule has 2 heterocycles. The number of alkyl halides is 3. The lowest BCUT2D eigenvalue weighted by Crippen LogP contribution is -2.55. The summed E-state index contributed by atoms with van der Waals surface area (Å²) in [6.45, 7) is 4.43. The van der Waals surface area contributed by atoms with Crippen LogP contribution in [0.15, 0.2) is 48.7 Å². The number of rotatable bonds is 6. The summed E-state index contributed by atoms with van der Waals surface area (Å²) >= 11 is 0. The number of carbonyl (C=O) groups is 1. The first kappa shape index (κ1) is 22.6. The van der Waals surface area contributed by atoms with Crippen molar-refractivity contribution in [1.82, 2.24) is 9.88 Å². The molecular formula is C22H24F3N5O. The lowest BCUT2D eigenvalue weighted by atomic mass is 10.1. The number of nitrogens with zero attached hydrogens (tertiary/aromatic N) is 5. The summed E-state index contributed by atoms with van der Waals surface area (Å²) in [5, 5.41) is 8.96. The van der Waals surface area contributed by atoms with Crippen molar-refractivity contribution in [2.75, 3.05) is 42.5 Å². The van der Waals surface area contributed by atoms with Crippen LogP contribution in [0.3, 0.4) is 0 Å². The van der Waals surface area contributed by atoms with Crippen LogP contribution < -0.4 is 9.80 Å². The third-order valence-corrected chi connectivity index (χ3v) is 5.40. The largest absolute Gasteiger partial charge is 0.417 e. The summed E-state index contributed by atoms with van der Waals surface area (Å²) in [6.07, 6.45) is -3.32. The van der Waals surface area contributed by atoms with Gasteiger partial charge in [-0.05, 0) is 31.2 Å². The van der Waals surface area contributed by atoms with E-state index in [1.54, 1.807) is 4.90 Å². The van der Waals surface area contributed by atoms with E-state index >= 15 is 0 Å². The number of carbonyl (C=O) groups excluding carboxylic acids is 1. The standard InChI is InChI=1S/C22H24F3N5O/c1-17(21(31)30(11-5-10-26)19-6-3-2-4-7-19)28-12-14-29(15-13-28)20-9-8-18(16-27-20)22(23,24)25/h2-4,6-9,16-17H,5,11-15H2,1H3. The van der Waals surface area contributed by atoms with Crippen molar-refractivity contribution in [1.29, 1.82) is 5.26 Å². The molecule has 1 aliphatic rings. The molecule has 1 amide bonds. The van der Waals surface area contributed by atoms with Crippen LogP contribution in [0.5, 0.6) is 0 Å². The van der Waals surface area contributed by atoms with Gasteiger partial charge in [0.15, 0.2) is 0 Å². The Morgan fingerprint density at radius 2 is 1.84 bits per heavy atom. The van der Waals surface area contributed by atoms with Crippen LogP contribution in [0.25, 0.3) is 0 Å². The van der Waals surface area contributed by atoms with Crippen molar-refractivity contribution in [2.45, 2.75) is 25.6 Å². The lowest BCUT2D eigenvalue weighted by Gasteiger charge is -2.39. The highest BCUT2D eigenvalue weighted by Crippen LogP contribution is 2.29. The minimum absolute atomic E-state index is 0.0810. The van der Waals surface area contributed by atoms with Crippen molar-refractivity contribution in [3.8, 4) is 6.07 Å². The van der Waals surface area contributed by atoms with E-state index in [1.807, 2.05) is 47.1 Å². The van der Waals surface area contributed by atoms with Gasteiger partial charge in [0.1, 0.15) is 5.82 Å². The second kappa shape index (κ2) is 9.79. The first-order chi connectivity index (χ1) is 14.8. The SMILES string of the molecule is CC(C(=O)N(CCC#N)c1ccccc1)N1CCN(c2ccc(C(F)(F)F)cn2)CC1.